The second-order valence-corrected chi connectivity index (χ2v) is 8.63. The van der Waals surface area contributed by atoms with E-state index in [-0.39, 0.29) is 24.0 Å². The van der Waals surface area contributed by atoms with E-state index in [0.29, 0.717) is 56.6 Å². The Kier molecular flexibility index (Phi) is 8.29. The van der Waals surface area contributed by atoms with E-state index in [4.69, 9.17) is 20.9 Å². The predicted molar refractivity (Wildman–Crippen MR) is 155 cm³/mol. The van der Waals surface area contributed by atoms with Gasteiger partial charge in [-0.3, -0.25) is 9.59 Å². The average molecular weight is 537 g/mol. The van der Waals surface area contributed by atoms with Crippen LogP contribution in [0.3, 0.4) is 0 Å². The molecule has 0 heterocycles. The van der Waals surface area contributed by atoms with Crippen LogP contribution in [0.2, 0.25) is 0 Å². The Hall–Kier alpha value is -5.07. The third-order valence-electron chi connectivity index (χ3n) is 5.85. The zero-order valence-corrected chi connectivity index (χ0v) is 21.6. The SMILES string of the molecule is Cl.Nc1ccc(Oc2ccc(C(=O)c3cccc(C(=O)c4ccc(Oc5ccc(N)cc5)cc4)c3)cc2)cc1. The number of anilines is 2. The summed E-state index contributed by atoms with van der Waals surface area (Å²) in [6.07, 6.45) is 0. The molecule has 0 fully saturated rings. The summed E-state index contributed by atoms with van der Waals surface area (Å²) in [6, 6.07) is 34.5. The van der Waals surface area contributed by atoms with Gasteiger partial charge in [0.15, 0.2) is 11.6 Å². The predicted octanol–water partition coefficient (Wildman–Crippen LogP) is 7.32. The molecule has 0 saturated heterocycles. The highest BCUT2D eigenvalue weighted by molar-refractivity contribution is 6.13. The number of carbonyl (C=O) groups is 2. The van der Waals surface area contributed by atoms with Gasteiger partial charge in [0.1, 0.15) is 23.0 Å². The van der Waals surface area contributed by atoms with Gasteiger partial charge in [-0.15, -0.1) is 12.4 Å². The van der Waals surface area contributed by atoms with Crippen LogP contribution < -0.4 is 20.9 Å². The molecule has 194 valence electrons. The van der Waals surface area contributed by atoms with Crippen LogP contribution in [0, 0.1) is 0 Å². The fourth-order valence-electron chi connectivity index (χ4n) is 3.83. The van der Waals surface area contributed by atoms with Crippen LogP contribution in [-0.2, 0) is 0 Å². The fraction of sp³-hybridized carbons (Fsp3) is 0. The van der Waals surface area contributed by atoms with Crippen LogP contribution in [0.4, 0.5) is 11.4 Å². The molecule has 6 nitrogen and oxygen atoms in total. The smallest absolute Gasteiger partial charge is 0.193 e. The molecule has 5 aromatic carbocycles. The number of halogens is 1. The number of hydrogen-bond acceptors (Lipinski definition) is 6. The molecule has 0 aliphatic carbocycles. The Morgan fingerprint density at radius 2 is 0.744 bits per heavy atom. The van der Waals surface area contributed by atoms with Gasteiger partial charge in [0, 0.05) is 33.6 Å². The van der Waals surface area contributed by atoms with Crippen LogP contribution in [0.1, 0.15) is 31.8 Å². The molecule has 5 aromatic rings. The minimum atomic E-state index is -0.189. The maximum absolute atomic E-state index is 13.1. The summed E-state index contributed by atoms with van der Waals surface area (Å²) in [5.41, 5.74) is 14.5. The highest BCUT2D eigenvalue weighted by atomic mass is 35.5. The summed E-state index contributed by atoms with van der Waals surface area (Å²) < 4.78 is 11.6. The minimum absolute atomic E-state index is 0. The third kappa shape index (κ3) is 6.63. The highest BCUT2D eigenvalue weighted by Gasteiger charge is 2.14. The van der Waals surface area contributed by atoms with Crippen LogP contribution in [0.15, 0.2) is 121 Å². The van der Waals surface area contributed by atoms with Crippen LogP contribution >= 0.6 is 12.4 Å². The van der Waals surface area contributed by atoms with Gasteiger partial charge >= 0.3 is 0 Å². The summed E-state index contributed by atoms with van der Waals surface area (Å²) in [6.45, 7) is 0. The number of hydrogen-bond donors (Lipinski definition) is 2. The molecule has 39 heavy (non-hydrogen) atoms. The van der Waals surface area contributed by atoms with Crippen molar-refractivity contribution in [3.05, 3.63) is 144 Å². The largest absolute Gasteiger partial charge is 0.457 e. The first kappa shape index (κ1) is 27.0. The van der Waals surface area contributed by atoms with Gasteiger partial charge in [0.05, 0.1) is 0 Å². The zero-order valence-electron chi connectivity index (χ0n) is 20.7. The molecule has 0 radical (unpaired) electrons. The van der Waals surface area contributed by atoms with Crippen molar-refractivity contribution in [3.8, 4) is 23.0 Å². The normalized spacial score (nSPS) is 10.3. The van der Waals surface area contributed by atoms with Crippen molar-refractivity contribution in [2.45, 2.75) is 0 Å². The third-order valence-corrected chi connectivity index (χ3v) is 5.85. The Labute approximate surface area is 232 Å². The van der Waals surface area contributed by atoms with Crippen molar-refractivity contribution >= 4 is 35.3 Å². The minimum Gasteiger partial charge on any atom is -0.457 e. The van der Waals surface area contributed by atoms with E-state index < -0.39 is 0 Å². The monoisotopic (exact) mass is 536 g/mol. The maximum atomic E-state index is 13.1. The molecule has 0 aliphatic heterocycles. The molecule has 4 N–H and O–H groups in total. The van der Waals surface area contributed by atoms with E-state index in [1.54, 1.807) is 121 Å². The number of carbonyl (C=O) groups excluding carboxylic acids is 2. The fourth-order valence-corrected chi connectivity index (χ4v) is 3.83. The Morgan fingerprint density at radius 1 is 0.436 bits per heavy atom. The molecule has 0 aliphatic rings. The lowest BCUT2D eigenvalue weighted by Crippen LogP contribution is -2.06. The molecule has 0 unspecified atom stereocenters. The first-order valence-corrected chi connectivity index (χ1v) is 11.9. The maximum Gasteiger partial charge on any atom is 0.193 e. The van der Waals surface area contributed by atoms with E-state index in [9.17, 15) is 9.59 Å². The molecule has 7 heteroatoms. The number of ketones is 2. The van der Waals surface area contributed by atoms with Crippen molar-refractivity contribution in [2.24, 2.45) is 0 Å². The van der Waals surface area contributed by atoms with Crippen molar-refractivity contribution < 1.29 is 19.1 Å². The molecule has 0 saturated carbocycles. The first-order valence-electron chi connectivity index (χ1n) is 11.9. The summed E-state index contributed by atoms with van der Waals surface area (Å²) in [7, 11) is 0. The number of benzene rings is 5. The van der Waals surface area contributed by atoms with Gasteiger partial charge < -0.3 is 20.9 Å². The van der Waals surface area contributed by atoms with Crippen LogP contribution in [0.25, 0.3) is 0 Å². The second-order valence-electron chi connectivity index (χ2n) is 8.63. The van der Waals surface area contributed by atoms with Gasteiger partial charge in [0.2, 0.25) is 0 Å². The molecule has 0 bridgehead atoms. The summed E-state index contributed by atoms with van der Waals surface area (Å²) >= 11 is 0. The standard InChI is InChI=1S/C32H24N2O4.ClH/c33-25-8-16-29(17-9-25)37-27-12-4-21(5-13-27)31(35)23-2-1-3-24(20-23)32(36)22-6-14-28(15-7-22)38-30-18-10-26(34)11-19-30;/h1-20H,33-34H2;1H. The van der Waals surface area contributed by atoms with E-state index in [0.717, 1.165) is 0 Å². The second kappa shape index (κ2) is 12.0. The van der Waals surface area contributed by atoms with Gasteiger partial charge in [-0.25, -0.2) is 0 Å². The number of nitrogens with two attached hydrogens (primary N) is 2. The Balaban J connectivity index is 0.00000353. The number of nitrogen functional groups attached to an aromatic ring is 2. The van der Waals surface area contributed by atoms with Crippen molar-refractivity contribution in [1.29, 1.82) is 0 Å². The van der Waals surface area contributed by atoms with Gasteiger partial charge in [-0.2, -0.15) is 0 Å². The lowest BCUT2D eigenvalue weighted by Gasteiger charge is -2.09. The Morgan fingerprint density at radius 3 is 1.08 bits per heavy atom. The first-order chi connectivity index (χ1) is 18.4. The lowest BCUT2D eigenvalue weighted by molar-refractivity contribution is 0.103. The van der Waals surface area contributed by atoms with Crippen molar-refractivity contribution in [3.63, 3.8) is 0 Å². The lowest BCUT2D eigenvalue weighted by atomic mass is 9.97. The van der Waals surface area contributed by atoms with Gasteiger partial charge in [0.25, 0.3) is 0 Å². The van der Waals surface area contributed by atoms with E-state index in [1.807, 2.05) is 0 Å². The van der Waals surface area contributed by atoms with Crippen molar-refractivity contribution in [1.82, 2.24) is 0 Å². The van der Waals surface area contributed by atoms with Crippen LogP contribution in [-0.4, -0.2) is 11.6 Å². The van der Waals surface area contributed by atoms with E-state index in [2.05, 4.69) is 0 Å². The summed E-state index contributed by atoms with van der Waals surface area (Å²) in [5, 5.41) is 0. The quantitative estimate of drug-likeness (QED) is 0.159. The topological polar surface area (TPSA) is 105 Å². The average Bonchev–Trinajstić information content (AvgIpc) is 2.96. The summed E-state index contributed by atoms with van der Waals surface area (Å²) in [4.78, 5) is 26.2. The number of ether oxygens (including phenoxy) is 2. The number of rotatable bonds is 8. The van der Waals surface area contributed by atoms with Gasteiger partial charge in [-0.05, 0) is 103 Å². The van der Waals surface area contributed by atoms with Crippen molar-refractivity contribution in [2.75, 3.05) is 11.5 Å². The molecular formula is C32H25ClN2O4. The molecule has 0 aromatic heterocycles. The van der Waals surface area contributed by atoms with Gasteiger partial charge in [-0.1, -0.05) is 18.2 Å². The zero-order chi connectivity index (χ0) is 26.5. The highest BCUT2D eigenvalue weighted by Crippen LogP contribution is 2.25. The van der Waals surface area contributed by atoms with E-state index >= 15 is 0 Å². The van der Waals surface area contributed by atoms with E-state index in [1.165, 1.54) is 0 Å². The molecule has 0 spiro atoms. The Bertz CT molecular complexity index is 1460. The molecular weight excluding hydrogens is 512 g/mol. The molecule has 5 rings (SSSR count). The summed E-state index contributed by atoms with van der Waals surface area (Å²) in [5.74, 6) is 2.11. The molecule has 0 atom stereocenters. The molecule has 0 amide bonds. The van der Waals surface area contributed by atoms with Crippen LogP contribution in [0.5, 0.6) is 23.0 Å².